The summed E-state index contributed by atoms with van der Waals surface area (Å²) in [7, 11) is 1.81. The minimum atomic E-state index is -0.658. The summed E-state index contributed by atoms with van der Waals surface area (Å²) in [5.74, 6) is 0.0770. The zero-order valence-electron chi connectivity index (χ0n) is 10.3. The monoisotopic (exact) mass is 213 g/mol. The number of likely N-dealkylation sites (N-methyl/N-ethyl adjacent to an activating group) is 1. The molecule has 1 rings (SSSR count). The summed E-state index contributed by atoms with van der Waals surface area (Å²) in [6, 6.07) is 0.468. The van der Waals surface area contributed by atoms with E-state index in [0.29, 0.717) is 12.6 Å². The Kier molecular flexibility index (Phi) is 3.73. The van der Waals surface area contributed by atoms with Gasteiger partial charge in [-0.05, 0) is 27.2 Å². The first kappa shape index (κ1) is 12.5. The molecule has 1 unspecified atom stereocenters. The van der Waals surface area contributed by atoms with Crippen molar-refractivity contribution in [1.82, 2.24) is 9.80 Å². The Morgan fingerprint density at radius 1 is 1.60 bits per heavy atom. The van der Waals surface area contributed by atoms with Crippen LogP contribution in [0.3, 0.4) is 0 Å². The lowest BCUT2D eigenvalue weighted by molar-refractivity contribution is -0.135. The number of nitrogens with zero attached hydrogens (tertiary/aromatic N) is 2. The Hall–Kier alpha value is -0.610. The number of hydrogen-bond acceptors (Lipinski definition) is 3. The summed E-state index contributed by atoms with van der Waals surface area (Å²) in [4.78, 5) is 16.0. The molecule has 1 fully saturated rings. The Morgan fingerprint density at radius 3 is 2.60 bits per heavy atom. The van der Waals surface area contributed by atoms with Gasteiger partial charge in [-0.3, -0.25) is 9.69 Å². The van der Waals surface area contributed by atoms with Crippen LogP contribution in [0.25, 0.3) is 0 Å². The van der Waals surface area contributed by atoms with Gasteiger partial charge >= 0.3 is 0 Å². The van der Waals surface area contributed by atoms with Crippen LogP contribution in [0, 0.1) is 0 Å². The van der Waals surface area contributed by atoms with Gasteiger partial charge in [0.05, 0.1) is 0 Å². The zero-order valence-corrected chi connectivity index (χ0v) is 10.3. The van der Waals surface area contributed by atoms with E-state index in [2.05, 4.69) is 18.7 Å². The molecule has 1 atom stereocenters. The maximum absolute atomic E-state index is 12.0. The standard InChI is InChI=1S/C11H23N3O/c1-5-13(4)10(15)11(12)6-7-14(8-11)9(2)3/h9H,5-8,12H2,1-4H3. The predicted molar refractivity (Wildman–Crippen MR) is 61.6 cm³/mol. The lowest BCUT2D eigenvalue weighted by atomic mass is 9.98. The van der Waals surface area contributed by atoms with Gasteiger partial charge in [-0.25, -0.2) is 0 Å². The van der Waals surface area contributed by atoms with Gasteiger partial charge in [-0.2, -0.15) is 0 Å². The fourth-order valence-corrected chi connectivity index (χ4v) is 2.00. The highest BCUT2D eigenvalue weighted by Crippen LogP contribution is 2.22. The Labute approximate surface area is 92.4 Å². The van der Waals surface area contributed by atoms with E-state index in [1.54, 1.807) is 4.90 Å². The minimum absolute atomic E-state index is 0.0770. The molecule has 15 heavy (non-hydrogen) atoms. The normalized spacial score (nSPS) is 27.3. The Balaban J connectivity index is 2.66. The molecule has 1 aliphatic heterocycles. The highest BCUT2D eigenvalue weighted by atomic mass is 16.2. The van der Waals surface area contributed by atoms with E-state index in [9.17, 15) is 4.79 Å². The van der Waals surface area contributed by atoms with Gasteiger partial charge in [-0.15, -0.1) is 0 Å². The van der Waals surface area contributed by atoms with E-state index in [-0.39, 0.29) is 5.91 Å². The van der Waals surface area contributed by atoms with Gasteiger partial charge in [0.1, 0.15) is 5.54 Å². The number of amides is 1. The van der Waals surface area contributed by atoms with E-state index in [0.717, 1.165) is 19.5 Å². The van der Waals surface area contributed by atoms with E-state index in [1.165, 1.54) is 0 Å². The van der Waals surface area contributed by atoms with Gasteiger partial charge in [0.2, 0.25) is 5.91 Å². The molecule has 1 heterocycles. The van der Waals surface area contributed by atoms with Crippen molar-refractivity contribution in [3.63, 3.8) is 0 Å². The zero-order chi connectivity index (χ0) is 11.6. The van der Waals surface area contributed by atoms with E-state index in [1.807, 2.05) is 14.0 Å². The Morgan fingerprint density at radius 2 is 2.20 bits per heavy atom. The summed E-state index contributed by atoms with van der Waals surface area (Å²) >= 11 is 0. The molecule has 0 aliphatic carbocycles. The molecule has 2 N–H and O–H groups in total. The van der Waals surface area contributed by atoms with Crippen molar-refractivity contribution in [2.45, 2.75) is 38.8 Å². The molecule has 4 heteroatoms. The first-order valence-corrected chi connectivity index (χ1v) is 5.69. The first-order valence-electron chi connectivity index (χ1n) is 5.69. The van der Waals surface area contributed by atoms with Crippen LogP contribution in [0.5, 0.6) is 0 Å². The van der Waals surface area contributed by atoms with Gasteiger partial charge in [-0.1, -0.05) is 0 Å². The third-order valence-corrected chi connectivity index (χ3v) is 3.31. The second-order valence-corrected chi connectivity index (χ2v) is 4.79. The third-order valence-electron chi connectivity index (χ3n) is 3.31. The second-order valence-electron chi connectivity index (χ2n) is 4.79. The highest BCUT2D eigenvalue weighted by molar-refractivity contribution is 5.86. The quantitative estimate of drug-likeness (QED) is 0.732. The summed E-state index contributed by atoms with van der Waals surface area (Å²) in [6.07, 6.45) is 0.772. The van der Waals surface area contributed by atoms with E-state index < -0.39 is 5.54 Å². The maximum Gasteiger partial charge on any atom is 0.243 e. The molecule has 0 aromatic heterocycles. The molecule has 1 aliphatic rings. The van der Waals surface area contributed by atoms with E-state index >= 15 is 0 Å². The summed E-state index contributed by atoms with van der Waals surface area (Å²) < 4.78 is 0. The van der Waals surface area contributed by atoms with Crippen LogP contribution < -0.4 is 5.73 Å². The molecule has 1 amide bonds. The smallest absolute Gasteiger partial charge is 0.243 e. The SMILES string of the molecule is CCN(C)C(=O)C1(N)CCN(C(C)C)C1. The Bertz CT molecular complexity index is 242. The lowest BCUT2D eigenvalue weighted by Crippen LogP contribution is -2.56. The molecule has 0 bridgehead atoms. The molecular formula is C11H23N3O. The fourth-order valence-electron chi connectivity index (χ4n) is 2.00. The van der Waals surface area contributed by atoms with Crippen LogP contribution in [0.2, 0.25) is 0 Å². The fraction of sp³-hybridized carbons (Fsp3) is 0.909. The number of nitrogens with two attached hydrogens (primary N) is 1. The molecule has 0 spiro atoms. The van der Waals surface area contributed by atoms with Crippen molar-refractivity contribution < 1.29 is 4.79 Å². The van der Waals surface area contributed by atoms with Crippen molar-refractivity contribution in [3.05, 3.63) is 0 Å². The minimum Gasteiger partial charge on any atom is -0.344 e. The molecule has 0 saturated carbocycles. The number of carbonyl (C=O) groups excluding carboxylic acids is 1. The summed E-state index contributed by atoms with van der Waals surface area (Å²) in [5.41, 5.74) is 5.52. The van der Waals surface area contributed by atoms with Crippen molar-refractivity contribution >= 4 is 5.91 Å². The van der Waals surface area contributed by atoms with Gasteiger partial charge < -0.3 is 10.6 Å². The first-order chi connectivity index (χ1) is 6.90. The molecule has 1 saturated heterocycles. The molecule has 0 aromatic carbocycles. The van der Waals surface area contributed by atoms with Crippen LogP contribution in [0.4, 0.5) is 0 Å². The van der Waals surface area contributed by atoms with Crippen LogP contribution in [-0.4, -0.2) is 54.0 Å². The largest absolute Gasteiger partial charge is 0.344 e. The number of hydrogen-bond donors (Lipinski definition) is 1. The van der Waals surface area contributed by atoms with Crippen molar-refractivity contribution in [1.29, 1.82) is 0 Å². The number of carbonyl (C=O) groups is 1. The van der Waals surface area contributed by atoms with Gasteiger partial charge in [0.15, 0.2) is 0 Å². The van der Waals surface area contributed by atoms with Crippen LogP contribution >= 0.6 is 0 Å². The molecular weight excluding hydrogens is 190 g/mol. The molecule has 4 nitrogen and oxygen atoms in total. The van der Waals surface area contributed by atoms with Crippen LogP contribution in [0.15, 0.2) is 0 Å². The van der Waals surface area contributed by atoms with Crippen LogP contribution in [0.1, 0.15) is 27.2 Å². The number of likely N-dealkylation sites (tertiary alicyclic amines) is 1. The lowest BCUT2D eigenvalue weighted by Gasteiger charge is -2.29. The molecule has 88 valence electrons. The third kappa shape index (κ3) is 2.49. The maximum atomic E-state index is 12.0. The van der Waals surface area contributed by atoms with Gasteiger partial charge in [0, 0.05) is 32.7 Å². The van der Waals surface area contributed by atoms with Crippen molar-refractivity contribution in [2.75, 3.05) is 26.7 Å². The average molecular weight is 213 g/mol. The molecule has 0 aromatic rings. The van der Waals surface area contributed by atoms with Crippen molar-refractivity contribution in [3.8, 4) is 0 Å². The average Bonchev–Trinajstić information content (AvgIpc) is 2.60. The highest BCUT2D eigenvalue weighted by Gasteiger charge is 2.42. The van der Waals surface area contributed by atoms with Crippen LogP contribution in [-0.2, 0) is 4.79 Å². The van der Waals surface area contributed by atoms with E-state index in [4.69, 9.17) is 5.73 Å². The topological polar surface area (TPSA) is 49.6 Å². The second kappa shape index (κ2) is 4.49. The molecule has 0 radical (unpaired) electrons. The van der Waals surface area contributed by atoms with Gasteiger partial charge in [0.25, 0.3) is 0 Å². The summed E-state index contributed by atoms with van der Waals surface area (Å²) in [5, 5.41) is 0. The number of rotatable bonds is 3. The van der Waals surface area contributed by atoms with Crippen molar-refractivity contribution in [2.24, 2.45) is 5.73 Å². The summed E-state index contributed by atoms with van der Waals surface area (Å²) in [6.45, 7) is 8.58. The predicted octanol–water partition coefficient (Wildman–Crippen LogP) is 0.276.